The third-order valence-corrected chi connectivity index (χ3v) is 4.21. The minimum Gasteiger partial charge on any atom is -0.497 e. The first-order valence-electron chi connectivity index (χ1n) is 7.76. The van der Waals surface area contributed by atoms with Gasteiger partial charge >= 0.3 is 6.09 Å². The van der Waals surface area contributed by atoms with Crippen LogP contribution >= 0.6 is 0 Å². The first kappa shape index (κ1) is 15.6. The van der Waals surface area contributed by atoms with Crippen molar-refractivity contribution >= 4 is 17.7 Å². The molecule has 0 unspecified atom stereocenters. The van der Waals surface area contributed by atoms with Crippen molar-refractivity contribution in [2.45, 2.75) is 0 Å². The molecular weight excluding hydrogens is 298 g/mol. The number of methoxy groups -OCH3 is 1. The van der Waals surface area contributed by atoms with E-state index in [1.54, 1.807) is 7.11 Å². The standard InChI is InChI=1S/C16H21N3O4/c1-22-14-4-2-3-13(11-14)18-7-5-17(6-8-18)12-15(20)19-9-10-23-16(19)21/h2-4,11H,5-10,12H2,1H3. The number of rotatable bonds is 4. The third kappa shape index (κ3) is 3.56. The van der Waals surface area contributed by atoms with E-state index in [-0.39, 0.29) is 12.5 Å². The van der Waals surface area contributed by atoms with Crippen LogP contribution in [-0.2, 0) is 9.53 Å². The van der Waals surface area contributed by atoms with Crippen molar-refractivity contribution in [1.82, 2.24) is 9.80 Å². The van der Waals surface area contributed by atoms with Gasteiger partial charge in [-0.3, -0.25) is 9.69 Å². The van der Waals surface area contributed by atoms with E-state index in [4.69, 9.17) is 9.47 Å². The number of anilines is 1. The maximum atomic E-state index is 12.1. The summed E-state index contributed by atoms with van der Waals surface area (Å²) >= 11 is 0. The Morgan fingerprint density at radius 3 is 2.65 bits per heavy atom. The number of carbonyl (C=O) groups excluding carboxylic acids is 2. The second-order valence-corrected chi connectivity index (χ2v) is 5.62. The Labute approximate surface area is 135 Å². The van der Waals surface area contributed by atoms with Crippen LogP contribution in [-0.4, -0.2) is 74.8 Å². The van der Waals surface area contributed by atoms with Gasteiger partial charge in [0.1, 0.15) is 12.4 Å². The van der Waals surface area contributed by atoms with E-state index < -0.39 is 6.09 Å². The topological polar surface area (TPSA) is 62.3 Å². The molecule has 0 N–H and O–H groups in total. The number of amides is 2. The molecule has 124 valence electrons. The summed E-state index contributed by atoms with van der Waals surface area (Å²) in [4.78, 5) is 29.0. The SMILES string of the molecule is COc1cccc(N2CCN(CC(=O)N3CCOC3=O)CC2)c1. The number of piperazine rings is 1. The molecule has 0 bridgehead atoms. The minimum absolute atomic E-state index is 0.178. The summed E-state index contributed by atoms with van der Waals surface area (Å²) < 4.78 is 10.1. The predicted octanol–water partition coefficient (Wildman–Crippen LogP) is 0.796. The highest BCUT2D eigenvalue weighted by molar-refractivity contribution is 5.94. The zero-order valence-corrected chi connectivity index (χ0v) is 13.2. The molecule has 0 radical (unpaired) electrons. The van der Waals surface area contributed by atoms with Gasteiger partial charge in [0, 0.05) is 37.9 Å². The average molecular weight is 319 g/mol. The Kier molecular flexibility index (Phi) is 4.66. The molecule has 2 saturated heterocycles. The van der Waals surface area contributed by atoms with Crippen LogP contribution in [0.3, 0.4) is 0 Å². The van der Waals surface area contributed by atoms with E-state index >= 15 is 0 Å². The molecule has 2 aliphatic heterocycles. The Morgan fingerprint density at radius 1 is 1.22 bits per heavy atom. The molecule has 0 aliphatic carbocycles. The fraction of sp³-hybridized carbons (Fsp3) is 0.500. The highest BCUT2D eigenvalue weighted by atomic mass is 16.6. The molecule has 0 atom stereocenters. The molecular formula is C16H21N3O4. The molecule has 2 heterocycles. The summed E-state index contributed by atoms with van der Waals surface area (Å²) in [5.41, 5.74) is 1.12. The summed E-state index contributed by atoms with van der Waals surface area (Å²) in [6, 6.07) is 7.97. The van der Waals surface area contributed by atoms with Crippen LogP contribution < -0.4 is 9.64 Å². The number of ether oxygens (including phenoxy) is 2. The molecule has 7 heteroatoms. The van der Waals surface area contributed by atoms with Gasteiger partial charge in [0.15, 0.2) is 0 Å². The van der Waals surface area contributed by atoms with E-state index in [9.17, 15) is 9.59 Å². The van der Waals surface area contributed by atoms with Crippen molar-refractivity contribution < 1.29 is 19.1 Å². The van der Waals surface area contributed by atoms with Crippen molar-refractivity contribution in [2.75, 3.05) is 57.9 Å². The highest BCUT2D eigenvalue weighted by Gasteiger charge is 2.30. The number of imide groups is 1. The Bertz CT molecular complexity index is 584. The van der Waals surface area contributed by atoms with Gasteiger partial charge in [-0.15, -0.1) is 0 Å². The van der Waals surface area contributed by atoms with Crippen LogP contribution in [0.1, 0.15) is 0 Å². The largest absolute Gasteiger partial charge is 0.497 e. The second-order valence-electron chi connectivity index (χ2n) is 5.62. The molecule has 2 amide bonds. The van der Waals surface area contributed by atoms with E-state index in [2.05, 4.69) is 15.9 Å². The second kappa shape index (κ2) is 6.87. The lowest BCUT2D eigenvalue weighted by molar-refractivity contribution is -0.129. The summed E-state index contributed by atoms with van der Waals surface area (Å²) in [6.45, 7) is 4.17. The van der Waals surface area contributed by atoms with Crippen LogP contribution in [0.5, 0.6) is 5.75 Å². The molecule has 2 fully saturated rings. The number of benzene rings is 1. The molecule has 23 heavy (non-hydrogen) atoms. The van der Waals surface area contributed by atoms with Crippen molar-refractivity contribution in [3.8, 4) is 5.75 Å². The van der Waals surface area contributed by atoms with Gasteiger partial charge in [0.2, 0.25) is 5.91 Å². The minimum atomic E-state index is -0.523. The Balaban J connectivity index is 1.52. The van der Waals surface area contributed by atoms with Gasteiger partial charge in [-0.25, -0.2) is 9.69 Å². The van der Waals surface area contributed by atoms with Crippen molar-refractivity contribution in [1.29, 1.82) is 0 Å². The van der Waals surface area contributed by atoms with E-state index in [1.807, 2.05) is 18.2 Å². The molecule has 1 aromatic rings. The lowest BCUT2D eigenvalue weighted by atomic mass is 10.2. The van der Waals surface area contributed by atoms with Gasteiger partial charge < -0.3 is 14.4 Å². The van der Waals surface area contributed by atoms with Crippen molar-refractivity contribution in [3.63, 3.8) is 0 Å². The van der Waals surface area contributed by atoms with Crippen LogP contribution in [0, 0.1) is 0 Å². The summed E-state index contributed by atoms with van der Waals surface area (Å²) in [5, 5.41) is 0. The number of hydrogen-bond acceptors (Lipinski definition) is 6. The van der Waals surface area contributed by atoms with Crippen LogP contribution in [0.2, 0.25) is 0 Å². The summed E-state index contributed by atoms with van der Waals surface area (Å²) in [6.07, 6.45) is -0.523. The average Bonchev–Trinajstić information content (AvgIpc) is 3.02. The zero-order valence-electron chi connectivity index (χ0n) is 13.2. The van der Waals surface area contributed by atoms with E-state index in [0.717, 1.165) is 37.6 Å². The molecule has 7 nitrogen and oxygen atoms in total. The smallest absolute Gasteiger partial charge is 0.416 e. The fourth-order valence-electron chi connectivity index (χ4n) is 2.87. The summed E-state index contributed by atoms with van der Waals surface area (Å²) in [5.74, 6) is 0.662. The quantitative estimate of drug-likeness (QED) is 0.818. The maximum absolute atomic E-state index is 12.1. The van der Waals surface area contributed by atoms with E-state index in [1.165, 1.54) is 4.90 Å². The maximum Gasteiger partial charge on any atom is 0.416 e. The molecule has 2 aliphatic rings. The molecule has 3 rings (SSSR count). The Morgan fingerprint density at radius 2 is 2.00 bits per heavy atom. The fourth-order valence-corrected chi connectivity index (χ4v) is 2.87. The van der Waals surface area contributed by atoms with Crippen LogP contribution in [0.15, 0.2) is 24.3 Å². The van der Waals surface area contributed by atoms with Gasteiger partial charge in [0.05, 0.1) is 20.2 Å². The molecule has 0 saturated carbocycles. The number of hydrogen-bond donors (Lipinski definition) is 0. The lowest BCUT2D eigenvalue weighted by Crippen LogP contribution is -2.50. The Hall–Kier alpha value is -2.28. The van der Waals surface area contributed by atoms with Gasteiger partial charge in [-0.2, -0.15) is 0 Å². The van der Waals surface area contributed by atoms with Gasteiger partial charge in [0.25, 0.3) is 0 Å². The number of nitrogens with zero attached hydrogens (tertiary/aromatic N) is 3. The van der Waals surface area contributed by atoms with Gasteiger partial charge in [-0.05, 0) is 12.1 Å². The highest BCUT2D eigenvalue weighted by Crippen LogP contribution is 2.22. The van der Waals surface area contributed by atoms with Crippen molar-refractivity contribution in [3.05, 3.63) is 24.3 Å². The first-order chi connectivity index (χ1) is 11.2. The van der Waals surface area contributed by atoms with Crippen molar-refractivity contribution in [2.24, 2.45) is 0 Å². The van der Waals surface area contributed by atoms with E-state index in [0.29, 0.717) is 13.2 Å². The van der Waals surface area contributed by atoms with Crippen LogP contribution in [0.25, 0.3) is 0 Å². The lowest BCUT2D eigenvalue weighted by Gasteiger charge is -2.36. The first-order valence-corrected chi connectivity index (χ1v) is 7.76. The molecule has 0 spiro atoms. The van der Waals surface area contributed by atoms with Crippen LogP contribution in [0.4, 0.5) is 10.5 Å². The monoisotopic (exact) mass is 319 g/mol. The number of cyclic esters (lactones) is 1. The molecule has 1 aromatic carbocycles. The molecule has 0 aromatic heterocycles. The number of carbonyl (C=O) groups is 2. The summed E-state index contributed by atoms with van der Waals surface area (Å²) in [7, 11) is 1.66. The van der Waals surface area contributed by atoms with Gasteiger partial charge in [-0.1, -0.05) is 6.07 Å². The zero-order chi connectivity index (χ0) is 16.2. The third-order valence-electron chi connectivity index (χ3n) is 4.21. The predicted molar refractivity (Wildman–Crippen MR) is 84.7 cm³/mol. The normalized spacial score (nSPS) is 18.9.